The summed E-state index contributed by atoms with van der Waals surface area (Å²) in [5.74, 6) is 0.676. The summed E-state index contributed by atoms with van der Waals surface area (Å²) in [5.41, 5.74) is 1.29. The summed E-state index contributed by atoms with van der Waals surface area (Å²) in [6.45, 7) is 1.87. The molecule has 2 heterocycles. The number of aromatic nitrogens is 3. The van der Waals surface area contributed by atoms with Crippen LogP contribution in [0.3, 0.4) is 0 Å². The molecule has 118 valence electrons. The largest absolute Gasteiger partial charge is 0.496 e. The molecule has 0 saturated heterocycles. The van der Waals surface area contributed by atoms with Gasteiger partial charge in [-0.1, -0.05) is 41.4 Å². The SMILES string of the molecule is COc1ccccc1[C@H](C)n1c(=O)c(Cl)nc2ccc(Cl)nc21. The Balaban J connectivity index is 2.32. The van der Waals surface area contributed by atoms with Gasteiger partial charge in [-0.3, -0.25) is 9.36 Å². The van der Waals surface area contributed by atoms with E-state index in [1.807, 2.05) is 31.2 Å². The van der Waals surface area contributed by atoms with Gasteiger partial charge >= 0.3 is 0 Å². The lowest BCUT2D eigenvalue weighted by atomic mass is 10.1. The molecule has 0 aliphatic carbocycles. The fraction of sp³-hybridized carbons (Fsp3) is 0.188. The lowest BCUT2D eigenvalue weighted by molar-refractivity contribution is 0.403. The van der Waals surface area contributed by atoms with Crippen molar-refractivity contribution >= 4 is 34.4 Å². The summed E-state index contributed by atoms with van der Waals surface area (Å²) >= 11 is 12.0. The Morgan fingerprint density at radius 3 is 2.61 bits per heavy atom. The van der Waals surface area contributed by atoms with E-state index in [-0.39, 0.29) is 16.3 Å². The summed E-state index contributed by atoms with van der Waals surface area (Å²) in [7, 11) is 1.58. The van der Waals surface area contributed by atoms with Crippen LogP contribution < -0.4 is 10.3 Å². The zero-order chi connectivity index (χ0) is 16.6. The summed E-state index contributed by atoms with van der Waals surface area (Å²) in [6, 6.07) is 10.4. The van der Waals surface area contributed by atoms with E-state index in [2.05, 4.69) is 9.97 Å². The van der Waals surface area contributed by atoms with Gasteiger partial charge in [0.05, 0.1) is 13.2 Å². The molecule has 1 aromatic carbocycles. The van der Waals surface area contributed by atoms with Crippen molar-refractivity contribution in [3.8, 4) is 5.75 Å². The average molecular weight is 350 g/mol. The summed E-state index contributed by atoms with van der Waals surface area (Å²) < 4.78 is 6.86. The predicted octanol–water partition coefficient (Wildman–Crippen LogP) is 3.72. The van der Waals surface area contributed by atoms with Crippen molar-refractivity contribution < 1.29 is 4.74 Å². The number of ether oxygens (including phenoxy) is 1. The number of pyridine rings is 1. The van der Waals surface area contributed by atoms with E-state index in [0.717, 1.165) is 5.56 Å². The minimum absolute atomic E-state index is 0.108. The number of halogens is 2. The topological polar surface area (TPSA) is 57.0 Å². The Labute approximate surface area is 142 Å². The minimum atomic E-state index is -0.424. The first-order valence-corrected chi connectivity index (χ1v) is 7.65. The quantitative estimate of drug-likeness (QED) is 0.676. The van der Waals surface area contributed by atoms with Crippen LogP contribution in [0.5, 0.6) is 5.75 Å². The van der Waals surface area contributed by atoms with Crippen molar-refractivity contribution in [2.75, 3.05) is 7.11 Å². The van der Waals surface area contributed by atoms with Crippen molar-refractivity contribution in [3.05, 3.63) is 62.6 Å². The van der Waals surface area contributed by atoms with Crippen molar-refractivity contribution in [3.63, 3.8) is 0 Å². The average Bonchev–Trinajstić information content (AvgIpc) is 2.56. The maximum Gasteiger partial charge on any atom is 0.290 e. The monoisotopic (exact) mass is 349 g/mol. The number of nitrogens with zero attached hydrogens (tertiary/aromatic N) is 3. The van der Waals surface area contributed by atoms with Crippen LogP contribution in [0.25, 0.3) is 11.2 Å². The van der Waals surface area contributed by atoms with E-state index in [1.165, 1.54) is 4.57 Å². The maximum atomic E-state index is 12.6. The van der Waals surface area contributed by atoms with E-state index < -0.39 is 5.56 Å². The maximum absolute atomic E-state index is 12.6. The van der Waals surface area contributed by atoms with Crippen molar-refractivity contribution in [1.29, 1.82) is 0 Å². The molecule has 0 fully saturated rings. The molecule has 3 rings (SSSR count). The molecule has 0 unspecified atom stereocenters. The van der Waals surface area contributed by atoms with Crippen LogP contribution in [0.15, 0.2) is 41.2 Å². The first-order chi connectivity index (χ1) is 11.0. The third-order valence-corrected chi connectivity index (χ3v) is 4.10. The first kappa shape index (κ1) is 15.8. The molecule has 0 radical (unpaired) electrons. The van der Waals surface area contributed by atoms with Gasteiger partial charge in [0.1, 0.15) is 16.4 Å². The third kappa shape index (κ3) is 2.78. The molecule has 7 heteroatoms. The van der Waals surface area contributed by atoms with Crippen LogP contribution in [-0.2, 0) is 0 Å². The number of para-hydroxylation sites is 1. The Morgan fingerprint density at radius 1 is 1.13 bits per heavy atom. The number of benzene rings is 1. The standard InChI is InChI=1S/C16H13Cl2N3O2/c1-9(10-5-3-4-6-12(10)23-2)21-15-11(7-8-13(17)20-15)19-14(18)16(21)22/h3-9H,1-2H3/t9-/m0/s1. The molecule has 0 N–H and O–H groups in total. The van der Waals surface area contributed by atoms with Crippen LogP contribution in [-0.4, -0.2) is 21.6 Å². The van der Waals surface area contributed by atoms with Crippen LogP contribution in [0.2, 0.25) is 10.3 Å². The van der Waals surface area contributed by atoms with Crippen LogP contribution in [0, 0.1) is 0 Å². The molecule has 0 saturated carbocycles. The van der Waals surface area contributed by atoms with Gasteiger partial charge in [0.2, 0.25) is 0 Å². The van der Waals surface area contributed by atoms with Gasteiger partial charge in [0.15, 0.2) is 10.8 Å². The molecule has 2 aromatic heterocycles. The second kappa shape index (κ2) is 6.18. The van der Waals surface area contributed by atoms with Gasteiger partial charge in [-0.2, -0.15) is 0 Å². The van der Waals surface area contributed by atoms with Crippen molar-refractivity contribution in [1.82, 2.24) is 14.5 Å². The molecule has 3 aromatic rings. The normalized spacial score (nSPS) is 12.3. The van der Waals surface area contributed by atoms with E-state index in [9.17, 15) is 4.79 Å². The van der Waals surface area contributed by atoms with Crippen molar-refractivity contribution in [2.45, 2.75) is 13.0 Å². The van der Waals surface area contributed by atoms with E-state index in [0.29, 0.717) is 16.9 Å². The molecule has 0 bridgehead atoms. The number of rotatable bonds is 3. The Kier molecular flexibility index (Phi) is 4.24. The summed E-state index contributed by atoms with van der Waals surface area (Å²) in [4.78, 5) is 20.9. The molecule has 0 spiro atoms. The van der Waals surface area contributed by atoms with Gasteiger partial charge in [0.25, 0.3) is 5.56 Å². The van der Waals surface area contributed by atoms with Crippen LogP contribution in [0.4, 0.5) is 0 Å². The zero-order valence-electron chi connectivity index (χ0n) is 12.5. The molecule has 0 amide bonds. The van der Waals surface area contributed by atoms with Gasteiger partial charge in [0, 0.05) is 5.56 Å². The molecule has 23 heavy (non-hydrogen) atoms. The highest BCUT2D eigenvalue weighted by atomic mass is 35.5. The van der Waals surface area contributed by atoms with Gasteiger partial charge in [-0.15, -0.1) is 0 Å². The molecule has 1 atom stereocenters. The fourth-order valence-corrected chi connectivity index (χ4v) is 2.87. The third-order valence-electron chi connectivity index (χ3n) is 3.64. The van der Waals surface area contributed by atoms with Crippen molar-refractivity contribution in [2.24, 2.45) is 0 Å². The highest BCUT2D eigenvalue weighted by Crippen LogP contribution is 2.28. The molecular formula is C16H13Cl2N3O2. The summed E-state index contributed by atoms with van der Waals surface area (Å²) in [6.07, 6.45) is 0. The Bertz CT molecular complexity index is 940. The molecular weight excluding hydrogens is 337 g/mol. The number of methoxy groups -OCH3 is 1. The molecule has 0 aliphatic heterocycles. The second-order valence-electron chi connectivity index (χ2n) is 4.97. The molecule has 0 aliphatic rings. The first-order valence-electron chi connectivity index (χ1n) is 6.90. The second-order valence-corrected chi connectivity index (χ2v) is 5.72. The van der Waals surface area contributed by atoms with Gasteiger partial charge < -0.3 is 4.74 Å². The number of hydrogen-bond donors (Lipinski definition) is 0. The highest BCUT2D eigenvalue weighted by molar-refractivity contribution is 6.30. The lowest BCUT2D eigenvalue weighted by Gasteiger charge is -2.19. The number of fused-ring (bicyclic) bond motifs is 1. The Hall–Kier alpha value is -2.11. The number of hydrogen-bond acceptors (Lipinski definition) is 4. The van der Waals surface area contributed by atoms with E-state index >= 15 is 0 Å². The van der Waals surface area contributed by atoms with E-state index in [1.54, 1.807) is 19.2 Å². The zero-order valence-corrected chi connectivity index (χ0v) is 14.0. The predicted molar refractivity (Wildman–Crippen MR) is 90.6 cm³/mol. The van der Waals surface area contributed by atoms with Crippen LogP contribution >= 0.6 is 23.2 Å². The van der Waals surface area contributed by atoms with Crippen LogP contribution in [0.1, 0.15) is 18.5 Å². The van der Waals surface area contributed by atoms with Gasteiger partial charge in [-0.05, 0) is 25.1 Å². The van der Waals surface area contributed by atoms with Gasteiger partial charge in [-0.25, -0.2) is 9.97 Å². The fourth-order valence-electron chi connectivity index (χ4n) is 2.54. The minimum Gasteiger partial charge on any atom is -0.496 e. The highest BCUT2D eigenvalue weighted by Gasteiger charge is 2.20. The smallest absolute Gasteiger partial charge is 0.290 e. The Morgan fingerprint density at radius 2 is 1.87 bits per heavy atom. The summed E-state index contributed by atoms with van der Waals surface area (Å²) in [5, 5.41) is 0.172. The van der Waals surface area contributed by atoms with E-state index in [4.69, 9.17) is 27.9 Å². The molecule has 5 nitrogen and oxygen atoms in total. The lowest BCUT2D eigenvalue weighted by Crippen LogP contribution is -2.26.